The molecule has 1 aromatic carbocycles. The van der Waals surface area contributed by atoms with Gasteiger partial charge in [0.1, 0.15) is 0 Å². The molecule has 2 aromatic heterocycles. The summed E-state index contributed by atoms with van der Waals surface area (Å²) in [7, 11) is 0. The molecule has 0 saturated heterocycles. The van der Waals surface area contributed by atoms with Crippen molar-refractivity contribution in [1.82, 2.24) is 15.6 Å². The molecule has 0 fully saturated rings. The van der Waals surface area contributed by atoms with Crippen molar-refractivity contribution in [1.29, 1.82) is 0 Å². The maximum Gasteiger partial charge on any atom is 0.315 e. The predicted octanol–water partition coefficient (Wildman–Crippen LogP) is 4.04. The van der Waals surface area contributed by atoms with Crippen LogP contribution in [0.3, 0.4) is 0 Å². The number of aryl methyl sites for hydroxylation is 1. The minimum atomic E-state index is -0.210. The number of hydrogen-bond acceptors (Lipinski definition) is 3. The molecule has 0 saturated carbocycles. The Morgan fingerprint density at radius 1 is 1.08 bits per heavy atom. The molecule has 122 valence electrons. The van der Waals surface area contributed by atoms with E-state index in [4.69, 9.17) is 0 Å². The number of rotatable bonds is 5. The fraction of sp³-hybridized carbons (Fsp3) is 0.158. The number of aromatic nitrogens is 1. The van der Waals surface area contributed by atoms with E-state index in [-0.39, 0.29) is 12.1 Å². The quantitative estimate of drug-likeness (QED) is 0.738. The number of nitrogens with zero attached hydrogens (tertiary/aromatic N) is 1. The van der Waals surface area contributed by atoms with E-state index in [0.717, 1.165) is 11.1 Å². The van der Waals surface area contributed by atoms with E-state index in [0.29, 0.717) is 6.54 Å². The van der Waals surface area contributed by atoms with Gasteiger partial charge in [0.05, 0.1) is 12.6 Å². The number of carbonyl (C=O) groups excluding carboxylic acids is 1. The van der Waals surface area contributed by atoms with Crippen molar-refractivity contribution >= 4 is 17.4 Å². The lowest BCUT2D eigenvalue weighted by Crippen LogP contribution is -2.38. The highest BCUT2D eigenvalue weighted by Crippen LogP contribution is 2.21. The Morgan fingerprint density at radius 3 is 2.46 bits per heavy atom. The van der Waals surface area contributed by atoms with Gasteiger partial charge in [0, 0.05) is 17.3 Å². The summed E-state index contributed by atoms with van der Waals surface area (Å²) in [5.74, 6) is 0. The smallest absolute Gasteiger partial charge is 0.315 e. The number of urea groups is 1. The van der Waals surface area contributed by atoms with Crippen molar-refractivity contribution in [2.75, 3.05) is 0 Å². The molecule has 4 nitrogen and oxygen atoms in total. The summed E-state index contributed by atoms with van der Waals surface area (Å²) < 4.78 is 0. The molecule has 3 aromatic rings. The Kier molecular flexibility index (Phi) is 5.23. The number of amides is 2. The zero-order valence-corrected chi connectivity index (χ0v) is 14.2. The van der Waals surface area contributed by atoms with Crippen LogP contribution in [0, 0.1) is 6.92 Å². The molecule has 2 amide bonds. The van der Waals surface area contributed by atoms with Crippen molar-refractivity contribution in [3.63, 3.8) is 0 Å². The van der Waals surface area contributed by atoms with Crippen molar-refractivity contribution in [3.8, 4) is 0 Å². The van der Waals surface area contributed by atoms with Crippen LogP contribution in [-0.4, -0.2) is 11.0 Å². The molecular weight excluding hydrogens is 318 g/mol. The highest BCUT2D eigenvalue weighted by Gasteiger charge is 2.16. The second kappa shape index (κ2) is 7.75. The molecule has 0 aliphatic heterocycles. The molecule has 0 aliphatic rings. The molecule has 0 bridgehead atoms. The Hall–Kier alpha value is -2.66. The molecule has 1 atom stereocenters. The van der Waals surface area contributed by atoms with Gasteiger partial charge in [0.25, 0.3) is 0 Å². The predicted molar refractivity (Wildman–Crippen MR) is 96.9 cm³/mol. The fourth-order valence-corrected chi connectivity index (χ4v) is 3.33. The Balaban J connectivity index is 1.72. The van der Waals surface area contributed by atoms with E-state index in [1.807, 2.05) is 47.8 Å². The van der Waals surface area contributed by atoms with Crippen LogP contribution in [0.25, 0.3) is 0 Å². The lowest BCUT2D eigenvalue weighted by molar-refractivity contribution is 0.238. The van der Waals surface area contributed by atoms with Crippen LogP contribution in [-0.2, 0) is 6.54 Å². The molecule has 2 heterocycles. The van der Waals surface area contributed by atoms with Crippen molar-refractivity contribution in [2.24, 2.45) is 0 Å². The van der Waals surface area contributed by atoms with Crippen molar-refractivity contribution in [3.05, 3.63) is 87.9 Å². The largest absolute Gasteiger partial charge is 0.333 e. The van der Waals surface area contributed by atoms with Gasteiger partial charge < -0.3 is 10.6 Å². The minimum absolute atomic E-state index is 0.187. The highest BCUT2D eigenvalue weighted by molar-refractivity contribution is 7.10. The van der Waals surface area contributed by atoms with Crippen LogP contribution in [0.5, 0.6) is 0 Å². The first kappa shape index (κ1) is 16.2. The Bertz CT molecular complexity index is 747. The average molecular weight is 337 g/mol. The summed E-state index contributed by atoms with van der Waals surface area (Å²) in [6.07, 6.45) is 3.47. The third kappa shape index (κ3) is 4.00. The molecular formula is C19H19N3OS. The van der Waals surface area contributed by atoms with Gasteiger partial charge in [-0.2, -0.15) is 0 Å². The lowest BCUT2D eigenvalue weighted by Gasteiger charge is -2.20. The van der Waals surface area contributed by atoms with Gasteiger partial charge in [0.15, 0.2) is 0 Å². The standard InChI is InChI=1S/C19H19N3OS/c1-14-9-12-24-17(14)13-21-19(23)22-18(15-5-3-2-4-6-15)16-7-10-20-11-8-16/h2-12,18H,13H2,1H3,(H2,21,22,23). The van der Waals surface area contributed by atoms with Gasteiger partial charge in [-0.25, -0.2) is 4.79 Å². The highest BCUT2D eigenvalue weighted by atomic mass is 32.1. The Labute approximate surface area is 145 Å². The minimum Gasteiger partial charge on any atom is -0.333 e. The van der Waals surface area contributed by atoms with Crippen LogP contribution in [0.2, 0.25) is 0 Å². The molecule has 2 N–H and O–H groups in total. The number of hydrogen-bond donors (Lipinski definition) is 2. The summed E-state index contributed by atoms with van der Waals surface area (Å²) in [4.78, 5) is 17.6. The second-order valence-electron chi connectivity index (χ2n) is 5.48. The summed E-state index contributed by atoms with van der Waals surface area (Å²) in [6, 6.07) is 15.4. The van der Waals surface area contributed by atoms with Crippen LogP contribution in [0.1, 0.15) is 27.6 Å². The van der Waals surface area contributed by atoms with Gasteiger partial charge in [-0.1, -0.05) is 30.3 Å². The van der Waals surface area contributed by atoms with E-state index < -0.39 is 0 Å². The van der Waals surface area contributed by atoms with Crippen LogP contribution >= 0.6 is 11.3 Å². The van der Waals surface area contributed by atoms with Crippen LogP contribution < -0.4 is 10.6 Å². The molecule has 0 spiro atoms. The van der Waals surface area contributed by atoms with Crippen molar-refractivity contribution in [2.45, 2.75) is 19.5 Å². The molecule has 5 heteroatoms. The SMILES string of the molecule is Cc1ccsc1CNC(=O)NC(c1ccccc1)c1ccncc1. The first-order chi connectivity index (χ1) is 11.7. The summed E-state index contributed by atoms with van der Waals surface area (Å²) in [5.41, 5.74) is 3.24. The first-order valence-corrected chi connectivity index (χ1v) is 8.64. The fourth-order valence-electron chi connectivity index (χ4n) is 2.49. The topological polar surface area (TPSA) is 54.0 Å². The lowest BCUT2D eigenvalue weighted by atomic mass is 10.00. The number of carbonyl (C=O) groups is 1. The molecule has 3 rings (SSSR count). The first-order valence-electron chi connectivity index (χ1n) is 7.76. The van der Waals surface area contributed by atoms with Gasteiger partial charge in [-0.3, -0.25) is 4.98 Å². The summed E-state index contributed by atoms with van der Waals surface area (Å²) >= 11 is 1.65. The average Bonchev–Trinajstić information content (AvgIpc) is 3.04. The van der Waals surface area contributed by atoms with Crippen LogP contribution in [0.4, 0.5) is 4.79 Å². The normalized spacial score (nSPS) is 11.7. The van der Waals surface area contributed by atoms with E-state index in [2.05, 4.69) is 28.6 Å². The maximum atomic E-state index is 12.4. The van der Waals surface area contributed by atoms with Gasteiger partial charge in [0.2, 0.25) is 0 Å². The third-order valence-corrected chi connectivity index (χ3v) is 4.85. The van der Waals surface area contributed by atoms with Gasteiger partial charge >= 0.3 is 6.03 Å². The Morgan fingerprint density at radius 2 is 1.79 bits per heavy atom. The number of pyridine rings is 1. The molecule has 24 heavy (non-hydrogen) atoms. The molecule has 0 aliphatic carbocycles. The maximum absolute atomic E-state index is 12.4. The van der Waals surface area contributed by atoms with E-state index in [9.17, 15) is 4.79 Å². The molecule has 1 unspecified atom stereocenters. The second-order valence-corrected chi connectivity index (χ2v) is 6.48. The van der Waals surface area contributed by atoms with E-state index >= 15 is 0 Å². The van der Waals surface area contributed by atoms with E-state index in [1.54, 1.807) is 23.7 Å². The van der Waals surface area contributed by atoms with E-state index in [1.165, 1.54) is 10.4 Å². The number of thiophene rings is 1. The summed E-state index contributed by atoms with van der Waals surface area (Å²) in [6.45, 7) is 2.59. The zero-order valence-electron chi connectivity index (χ0n) is 13.4. The summed E-state index contributed by atoms with van der Waals surface area (Å²) in [5, 5.41) is 8.03. The monoisotopic (exact) mass is 337 g/mol. The van der Waals surface area contributed by atoms with Gasteiger partial charge in [-0.05, 0) is 47.2 Å². The molecule has 0 radical (unpaired) electrons. The van der Waals surface area contributed by atoms with Gasteiger partial charge in [-0.15, -0.1) is 11.3 Å². The zero-order chi connectivity index (χ0) is 16.8. The van der Waals surface area contributed by atoms with Crippen LogP contribution in [0.15, 0.2) is 66.3 Å². The number of nitrogens with one attached hydrogen (secondary N) is 2. The van der Waals surface area contributed by atoms with Crippen molar-refractivity contribution < 1.29 is 4.79 Å². The number of benzene rings is 1. The third-order valence-electron chi connectivity index (χ3n) is 3.83.